The molecular weight excluding hydrogens is 476 g/mol. The lowest BCUT2D eigenvalue weighted by Crippen LogP contribution is -2.54. The molecule has 2 heterocycles. The molecule has 0 spiro atoms. The molecule has 0 bridgehead atoms. The lowest BCUT2D eigenvalue weighted by atomic mass is 10.0. The molecular formula is C27H52O6Si2. The van der Waals surface area contributed by atoms with E-state index >= 15 is 0 Å². The third-order valence-corrected chi connectivity index (χ3v) is 18.0. The van der Waals surface area contributed by atoms with Gasteiger partial charge < -0.3 is 18.3 Å². The number of ether oxygens (including phenoxy) is 2. The van der Waals surface area contributed by atoms with Gasteiger partial charge in [0.2, 0.25) is 5.79 Å². The summed E-state index contributed by atoms with van der Waals surface area (Å²) in [5.74, 6) is -0.791. The number of fused-ring (bicyclic) bond motifs is 1. The van der Waals surface area contributed by atoms with Crippen LogP contribution in [0.25, 0.3) is 0 Å². The van der Waals surface area contributed by atoms with Crippen molar-refractivity contribution >= 4 is 28.4 Å². The average Bonchev–Trinajstić information content (AvgIpc) is 3.57. The molecule has 0 aromatic heterocycles. The molecule has 0 aromatic rings. The van der Waals surface area contributed by atoms with E-state index in [4.69, 9.17) is 18.3 Å². The topological polar surface area (TPSA) is 74.4 Å². The van der Waals surface area contributed by atoms with Crippen LogP contribution in [-0.2, 0) is 27.9 Å². The second-order valence-corrected chi connectivity index (χ2v) is 20.0. The van der Waals surface area contributed by atoms with Crippen molar-refractivity contribution < 1.29 is 27.9 Å². The minimum Gasteiger partial charge on any atom is -0.463 e. The summed E-state index contributed by atoms with van der Waals surface area (Å²) in [5.41, 5.74) is 0. The third kappa shape index (κ3) is 8.22. The van der Waals surface area contributed by atoms with Crippen LogP contribution >= 0.6 is 0 Å². The van der Waals surface area contributed by atoms with Crippen molar-refractivity contribution in [3.8, 4) is 0 Å². The summed E-state index contributed by atoms with van der Waals surface area (Å²) in [6, 6.07) is 6.17. The first-order valence-corrected chi connectivity index (χ1v) is 19.6. The van der Waals surface area contributed by atoms with Crippen molar-refractivity contribution in [2.75, 3.05) is 6.61 Å². The van der Waals surface area contributed by atoms with Gasteiger partial charge in [0.05, 0.1) is 0 Å². The Bertz CT molecular complexity index is 648. The van der Waals surface area contributed by atoms with Gasteiger partial charge in [0.25, 0.3) is 0 Å². The standard InChI is InChI=1S/C27H52O6Si2/c1-7-34(8-2,9-3)32-25-22-30-26(29)21-17-19-23(28)18-15-13-14-16-20-24-27(25,31-24)33-35(10-4,11-5)12-6/h24-25H,7-22H2,1-6H3. The minimum atomic E-state index is -2.01. The third-order valence-electron chi connectivity index (χ3n) is 8.71. The molecule has 2 fully saturated rings. The lowest BCUT2D eigenvalue weighted by molar-refractivity contribution is -0.151. The Morgan fingerprint density at radius 1 is 0.771 bits per heavy atom. The zero-order valence-corrected chi connectivity index (χ0v) is 25.4. The van der Waals surface area contributed by atoms with Gasteiger partial charge in [-0.2, -0.15) is 0 Å². The monoisotopic (exact) mass is 528 g/mol. The van der Waals surface area contributed by atoms with E-state index in [0.717, 1.165) is 68.4 Å². The zero-order valence-electron chi connectivity index (χ0n) is 23.4. The van der Waals surface area contributed by atoms with E-state index in [-0.39, 0.29) is 30.9 Å². The van der Waals surface area contributed by atoms with Crippen molar-refractivity contribution in [2.45, 2.75) is 154 Å². The second kappa shape index (κ2) is 14.4. The maximum atomic E-state index is 12.6. The highest BCUT2D eigenvalue weighted by Gasteiger charge is 2.66. The van der Waals surface area contributed by atoms with Crippen molar-refractivity contribution in [1.29, 1.82) is 0 Å². The summed E-state index contributed by atoms with van der Waals surface area (Å²) in [6.07, 6.45) is 6.54. The zero-order chi connectivity index (χ0) is 26.0. The van der Waals surface area contributed by atoms with Crippen LogP contribution in [0.2, 0.25) is 36.3 Å². The van der Waals surface area contributed by atoms with Crippen LogP contribution in [0.1, 0.15) is 99.3 Å². The van der Waals surface area contributed by atoms with Crippen LogP contribution in [0.5, 0.6) is 0 Å². The summed E-state index contributed by atoms with van der Waals surface area (Å²) < 4.78 is 26.4. The lowest BCUT2D eigenvalue weighted by Gasteiger charge is -2.40. The first kappa shape index (κ1) is 30.7. The predicted molar refractivity (Wildman–Crippen MR) is 145 cm³/mol. The summed E-state index contributed by atoms with van der Waals surface area (Å²) in [5, 5.41) is 0. The number of hydrogen-bond acceptors (Lipinski definition) is 6. The fourth-order valence-corrected chi connectivity index (χ4v) is 11.3. The summed E-state index contributed by atoms with van der Waals surface area (Å²) in [7, 11) is -4.01. The number of carbonyl (C=O) groups is 2. The largest absolute Gasteiger partial charge is 0.463 e. The number of ketones is 1. The molecule has 0 saturated carbocycles. The first-order valence-electron chi connectivity index (χ1n) is 14.5. The SMILES string of the molecule is CC[Si](CC)(CC)OC1COC(=O)CCCC(=O)CCCCCCC2OC21O[Si](CC)(CC)CC. The van der Waals surface area contributed by atoms with Gasteiger partial charge in [0.1, 0.15) is 24.6 Å². The van der Waals surface area contributed by atoms with Crippen LogP contribution in [-0.4, -0.2) is 53.0 Å². The number of carbonyl (C=O) groups excluding carboxylic acids is 2. The number of Topliss-reactive ketones (excluding diaryl/α,β-unsaturated/α-hetero) is 1. The summed E-state index contributed by atoms with van der Waals surface area (Å²) in [6.45, 7) is 13.5. The molecule has 2 aliphatic heterocycles. The number of cyclic esters (lactones) is 1. The second-order valence-electron chi connectivity index (χ2n) is 10.6. The predicted octanol–water partition coefficient (Wildman–Crippen LogP) is 7.13. The number of rotatable bonds is 10. The molecule has 0 amide bonds. The van der Waals surface area contributed by atoms with E-state index in [1.54, 1.807) is 0 Å². The smallest absolute Gasteiger partial charge is 0.305 e. The van der Waals surface area contributed by atoms with Gasteiger partial charge in [-0.1, -0.05) is 60.8 Å². The van der Waals surface area contributed by atoms with Crippen LogP contribution in [0.4, 0.5) is 0 Å². The van der Waals surface area contributed by atoms with E-state index < -0.39 is 28.5 Å². The molecule has 3 unspecified atom stereocenters. The average molecular weight is 529 g/mol. The van der Waals surface area contributed by atoms with Gasteiger partial charge >= 0.3 is 5.97 Å². The van der Waals surface area contributed by atoms with Gasteiger partial charge in [-0.3, -0.25) is 9.59 Å². The fraction of sp³-hybridized carbons (Fsp3) is 0.926. The molecule has 2 rings (SSSR count). The van der Waals surface area contributed by atoms with Gasteiger partial charge in [0.15, 0.2) is 16.6 Å². The normalized spacial score (nSPS) is 27.8. The van der Waals surface area contributed by atoms with E-state index in [9.17, 15) is 9.59 Å². The molecule has 8 heteroatoms. The maximum absolute atomic E-state index is 12.6. The van der Waals surface area contributed by atoms with Crippen molar-refractivity contribution in [2.24, 2.45) is 0 Å². The Kier molecular flexibility index (Phi) is 12.6. The van der Waals surface area contributed by atoms with Crippen LogP contribution in [0.15, 0.2) is 0 Å². The number of esters is 1. The Labute approximate surface area is 216 Å². The molecule has 35 heavy (non-hydrogen) atoms. The highest BCUT2D eigenvalue weighted by atomic mass is 28.4. The minimum absolute atomic E-state index is 0.0190. The van der Waals surface area contributed by atoms with Gasteiger partial charge in [-0.05, 0) is 55.5 Å². The molecule has 204 valence electrons. The van der Waals surface area contributed by atoms with Gasteiger partial charge in [-0.25, -0.2) is 0 Å². The molecule has 0 radical (unpaired) electrons. The highest BCUT2D eigenvalue weighted by Crippen LogP contribution is 2.50. The van der Waals surface area contributed by atoms with Crippen molar-refractivity contribution in [3.63, 3.8) is 0 Å². The first-order chi connectivity index (χ1) is 16.8. The van der Waals surface area contributed by atoms with E-state index in [1.165, 1.54) is 0 Å². The van der Waals surface area contributed by atoms with Crippen LogP contribution < -0.4 is 0 Å². The van der Waals surface area contributed by atoms with Crippen molar-refractivity contribution in [3.05, 3.63) is 0 Å². The summed E-state index contributed by atoms with van der Waals surface area (Å²) in [4.78, 5) is 24.7. The van der Waals surface area contributed by atoms with E-state index in [2.05, 4.69) is 41.5 Å². The molecule has 0 aliphatic carbocycles. The molecule has 0 N–H and O–H groups in total. The van der Waals surface area contributed by atoms with Gasteiger partial charge in [-0.15, -0.1) is 0 Å². The molecule has 0 aromatic carbocycles. The van der Waals surface area contributed by atoms with E-state index in [1.807, 2.05) is 0 Å². The fourth-order valence-electron chi connectivity index (χ4n) is 5.53. The molecule has 2 aliphatic rings. The Balaban J connectivity index is 2.35. The maximum Gasteiger partial charge on any atom is 0.305 e. The number of hydrogen-bond donors (Lipinski definition) is 0. The van der Waals surface area contributed by atoms with Crippen LogP contribution in [0, 0.1) is 0 Å². The van der Waals surface area contributed by atoms with E-state index in [0.29, 0.717) is 19.3 Å². The Morgan fingerprint density at radius 3 is 1.94 bits per heavy atom. The quantitative estimate of drug-likeness (QED) is 0.171. The van der Waals surface area contributed by atoms with Crippen LogP contribution in [0.3, 0.4) is 0 Å². The molecule has 2 saturated heterocycles. The summed E-state index contributed by atoms with van der Waals surface area (Å²) >= 11 is 0. The Morgan fingerprint density at radius 2 is 1.34 bits per heavy atom. The van der Waals surface area contributed by atoms with Crippen molar-refractivity contribution in [1.82, 2.24) is 0 Å². The van der Waals surface area contributed by atoms with Gasteiger partial charge in [0, 0.05) is 19.3 Å². The Hall–Kier alpha value is -0.546. The molecule has 3 atom stereocenters. The highest BCUT2D eigenvalue weighted by molar-refractivity contribution is 6.74. The molecule has 6 nitrogen and oxygen atoms in total. The number of epoxide rings is 1.